The van der Waals surface area contributed by atoms with E-state index in [1.165, 1.54) is 17.0 Å². The Kier molecular flexibility index (Phi) is 5.18. The van der Waals surface area contributed by atoms with Gasteiger partial charge in [0.2, 0.25) is 11.8 Å². The van der Waals surface area contributed by atoms with E-state index >= 15 is 0 Å². The lowest BCUT2D eigenvalue weighted by Crippen LogP contribution is -2.45. The van der Waals surface area contributed by atoms with Crippen molar-refractivity contribution in [3.05, 3.63) is 64.9 Å². The first kappa shape index (κ1) is 17.9. The van der Waals surface area contributed by atoms with Gasteiger partial charge in [-0.15, -0.1) is 0 Å². The summed E-state index contributed by atoms with van der Waals surface area (Å²) in [4.78, 5) is 37.8. The second-order valence-corrected chi connectivity index (χ2v) is 6.27. The third kappa shape index (κ3) is 4.00. The average molecular weight is 376 g/mol. The van der Waals surface area contributed by atoms with Crippen LogP contribution >= 0.6 is 11.6 Å². The highest BCUT2D eigenvalue weighted by molar-refractivity contribution is 6.30. The van der Waals surface area contributed by atoms with Gasteiger partial charge in [-0.2, -0.15) is 0 Å². The van der Waals surface area contributed by atoms with Crippen LogP contribution in [0.1, 0.15) is 16.8 Å². The molecule has 2 aromatic rings. The van der Waals surface area contributed by atoms with Crippen LogP contribution in [0.3, 0.4) is 0 Å². The number of benzene rings is 2. The maximum Gasteiger partial charge on any atom is 0.269 e. The molecule has 3 amide bonds. The minimum Gasteiger partial charge on any atom is -0.312 e. The Labute approximate surface area is 153 Å². The number of halogens is 2. The van der Waals surface area contributed by atoms with E-state index < -0.39 is 23.5 Å². The molecule has 1 atom stereocenters. The summed E-state index contributed by atoms with van der Waals surface area (Å²) in [6.45, 7) is 0.207. The van der Waals surface area contributed by atoms with E-state index in [1.807, 2.05) is 0 Å². The second kappa shape index (κ2) is 7.53. The van der Waals surface area contributed by atoms with E-state index in [4.69, 9.17) is 11.6 Å². The van der Waals surface area contributed by atoms with Gasteiger partial charge in [0.15, 0.2) is 0 Å². The van der Waals surface area contributed by atoms with Gasteiger partial charge in [-0.25, -0.2) is 4.39 Å². The number of hydrogen-bond donors (Lipinski definition) is 2. The lowest BCUT2D eigenvalue weighted by atomic mass is 10.1. The van der Waals surface area contributed by atoms with Crippen molar-refractivity contribution in [3.63, 3.8) is 0 Å². The fraction of sp³-hybridized carbons (Fsp3) is 0.167. The number of anilines is 1. The van der Waals surface area contributed by atoms with Crippen molar-refractivity contribution in [1.82, 2.24) is 10.9 Å². The SMILES string of the molecule is O=C(NNC(=O)[C@H]1CC(=O)N(c2ccc(Cl)cc2)C1)c1ccc(F)cc1. The summed E-state index contributed by atoms with van der Waals surface area (Å²) < 4.78 is 12.9. The van der Waals surface area contributed by atoms with Crippen molar-refractivity contribution >= 4 is 35.0 Å². The summed E-state index contributed by atoms with van der Waals surface area (Å²) in [6, 6.07) is 11.7. The van der Waals surface area contributed by atoms with E-state index in [0.29, 0.717) is 10.7 Å². The van der Waals surface area contributed by atoms with Crippen molar-refractivity contribution in [2.45, 2.75) is 6.42 Å². The zero-order valence-corrected chi connectivity index (χ0v) is 14.3. The quantitative estimate of drug-likeness (QED) is 0.808. The van der Waals surface area contributed by atoms with E-state index in [1.54, 1.807) is 24.3 Å². The molecule has 0 unspecified atom stereocenters. The summed E-state index contributed by atoms with van der Waals surface area (Å²) in [6.07, 6.45) is 0.0425. The third-order valence-corrected chi connectivity index (χ3v) is 4.29. The van der Waals surface area contributed by atoms with Crippen LogP contribution in [0.15, 0.2) is 48.5 Å². The van der Waals surface area contributed by atoms with Crippen LogP contribution < -0.4 is 15.8 Å². The summed E-state index contributed by atoms with van der Waals surface area (Å²) in [5, 5.41) is 0.554. The third-order valence-electron chi connectivity index (χ3n) is 4.04. The molecule has 1 aliphatic rings. The van der Waals surface area contributed by atoms with Gasteiger partial charge in [-0.3, -0.25) is 25.2 Å². The highest BCUT2D eigenvalue weighted by Gasteiger charge is 2.35. The minimum absolute atomic E-state index is 0.0425. The van der Waals surface area contributed by atoms with E-state index in [-0.39, 0.29) is 24.4 Å². The molecule has 26 heavy (non-hydrogen) atoms. The molecule has 8 heteroatoms. The first-order chi connectivity index (χ1) is 12.4. The van der Waals surface area contributed by atoms with Crippen LogP contribution in [-0.2, 0) is 9.59 Å². The summed E-state index contributed by atoms with van der Waals surface area (Å²) in [7, 11) is 0. The Morgan fingerprint density at radius 1 is 1.04 bits per heavy atom. The predicted molar refractivity (Wildman–Crippen MR) is 93.9 cm³/mol. The Morgan fingerprint density at radius 3 is 2.35 bits per heavy atom. The van der Waals surface area contributed by atoms with Crippen molar-refractivity contribution in [1.29, 1.82) is 0 Å². The molecule has 1 heterocycles. The van der Waals surface area contributed by atoms with E-state index in [0.717, 1.165) is 12.1 Å². The molecular formula is C18H15ClFN3O3. The smallest absolute Gasteiger partial charge is 0.269 e. The molecule has 0 saturated carbocycles. The topological polar surface area (TPSA) is 78.5 Å². The van der Waals surface area contributed by atoms with Gasteiger partial charge in [0, 0.05) is 29.2 Å². The minimum atomic E-state index is -0.591. The Bertz CT molecular complexity index is 840. The molecule has 6 nitrogen and oxygen atoms in total. The van der Waals surface area contributed by atoms with Gasteiger partial charge in [0.25, 0.3) is 5.91 Å². The molecule has 0 aliphatic carbocycles. The molecule has 1 saturated heterocycles. The number of carbonyl (C=O) groups is 3. The van der Waals surface area contributed by atoms with E-state index in [2.05, 4.69) is 10.9 Å². The van der Waals surface area contributed by atoms with Crippen molar-refractivity contribution < 1.29 is 18.8 Å². The highest BCUT2D eigenvalue weighted by atomic mass is 35.5. The van der Waals surface area contributed by atoms with Crippen LogP contribution in [-0.4, -0.2) is 24.3 Å². The molecule has 0 aromatic heterocycles. The first-order valence-electron chi connectivity index (χ1n) is 7.86. The van der Waals surface area contributed by atoms with Gasteiger partial charge < -0.3 is 4.90 Å². The molecule has 1 fully saturated rings. The zero-order valence-electron chi connectivity index (χ0n) is 13.5. The number of hydrogen-bond acceptors (Lipinski definition) is 3. The van der Waals surface area contributed by atoms with Gasteiger partial charge in [-0.05, 0) is 48.5 Å². The maximum absolute atomic E-state index is 12.9. The lowest BCUT2D eigenvalue weighted by Gasteiger charge is -2.17. The maximum atomic E-state index is 12.9. The molecule has 0 bridgehead atoms. The second-order valence-electron chi connectivity index (χ2n) is 5.83. The van der Waals surface area contributed by atoms with Gasteiger partial charge >= 0.3 is 0 Å². The summed E-state index contributed by atoms with van der Waals surface area (Å²) in [5.74, 6) is -2.27. The number of nitrogens with zero attached hydrogens (tertiary/aromatic N) is 1. The zero-order chi connectivity index (χ0) is 18.7. The van der Waals surface area contributed by atoms with Crippen LogP contribution in [0.4, 0.5) is 10.1 Å². The largest absolute Gasteiger partial charge is 0.312 e. The van der Waals surface area contributed by atoms with Gasteiger partial charge in [-0.1, -0.05) is 11.6 Å². The van der Waals surface area contributed by atoms with Gasteiger partial charge in [0.05, 0.1) is 5.92 Å². The molecule has 0 radical (unpaired) electrons. The van der Waals surface area contributed by atoms with Crippen LogP contribution in [0.2, 0.25) is 5.02 Å². The van der Waals surface area contributed by atoms with Crippen LogP contribution in [0, 0.1) is 11.7 Å². The van der Waals surface area contributed by atoms with E-state index in [9.17, 15) is 18.8 Å². The van der Waals surface area contributed by atoms with Crippen LogP contribution in [0.25, 0.3) is 0 Å². The number of rotatable bonds is 3. The molecule has 134 valence electrons. The highest BCUT2D eigenvalue weighted by Crippen LogP contribution is 2.26. The number of amides is 3. The van der Waals surface area contributed by atoms with Crippen molar-refractivity contribution in [2.75, 3.05) is 11.4 Å². The first-order valence-corrected chi connectivity index (χ1v) is 8.23. The standard InChI is InChI=1S/C18H15ClFN3O3/c19-13-3-7-15(8-4-13)23-10-12(9-16(23)24)18(26)22-21-17(25)11-1-5-14(20)6-2-11/h1-8,12H,9-10H2,(H,21,25)(H,22,26)/t12-/m0/s1. The lowest BCUT2D eigenvalue weighted by molar-refractivity contribution is -0.126. The average Bonchev–Trinajstić information content (AvgIpc) is 3.02. The number of carbonyl (C=O) groups excluding carboxylic acids is 3. The Balaban J connectivity index is 1.57. The molecular weight excluding hydrogens is 361 g/mol. The number of hydrazine groups is 1. The predicted octanol–water partition coefficient (Wildman–Crippen LogP) is 2.29. The Hall–Kier alpha value is -2.93. The molecule has 1 aliphatic heterocycles. The normalized spacial score (nSPS) is 16.5. The van der Waals surface area contributed by atoms with Crippen molar-refractivity contribution in [3.8, 4) is 0 Å². The van der Waals surface area contributed by atoms with Crippen molar-refractivity contribution in [2.24, 2.45) is 5.92 Å². The fourth-order valence-corrected chi connectivity index (χ4v) is 2.77. The summed E-state index contributed by atoms with van der Waals surface area (Å²) in [5.41, 5.74) is 5.43. The Morgan fingerprint density at radius 2 is 1.69 bits per heavy atom. The van der Waals surface area contributed by atoms with Crippen LogP contribution in [0.5, 0.6) is 0 Å². The molecule has 0 spiro atoms. The molecule has 2 aromatic carbocycles. The van der Waals surface area contributed by atoms with Gasteiger partial charge in [0.1, 0.15) is 5.82 Å². The number of nitrogens with one attached hydrogen (secondary N) is 2. The monoisotopic (exact) mass is 375 g/mol. The molecule has 2 N–H and O–H groups in total. The fourth-order valence-electron chi connectivity index (χ4n) is 2.65. The molecule has 3 rings (SSSR count). The summed E-state index contributed by atoms with van der Waals surface area (Å²) >= 11 is 5.84.